The van der Waals surface area contributed by atoms with E-state index in [1.54, 1.807) is 0 Å². The monoisotopic (exact) mass is 305 g/mol. The van der Waals surface area contributed by atoms with Gasteiger partial charge in [0.05, 0.1) is 0 Å². The first-order valence-electron chi connectivity index (χ1n) is 8.47. The van der Waals surface area contributed by atoms with Crippen LogP contribution in [0.25, 0.3) is 21.9 Å². The van der Waals surface area contributed by atoms with E-state index in [9.17, 15) is 4.79 Å². The van der Waals surface area contributed by atoms with Crippen molar-refractivity contribution in [2.75, 3.05) is 0 Å². The number of rotatable bonds is 5. The summed E-state index contributed by atoms with van der Waals surface area (Å²) in [6, 6.07) is 16.5. The van der Waals surface area contributed by atoms with Crippen LogP contribution in [0.4, 0.5) is 0 Å². The molecule has 2 nitrogen and oxygen atoms in total. The van der Waals surface area contributed by atoms with Gasteiger partial charge < -0.3 is 4.98 Å². The minimum absolute atomic E-state index is 0.0305. The highest BCUT2D eigenvalue weighted by molar-refractivity contribution is 5.89. The van der Waals surface area contributed by atoms with Crippen molar-refractivity contribution < 1.29 is 0 Å². The predicted octanol–water partition coefficient (Wildman–Crippen LogP) is 5.10. The summed E-state index contributed by atoms with van der Waals surface area (Å²) in [6.07, 6.45) is 4.04. The Morgan fingerprint density at radius 1 is 0.826 bits per heavy atom. The lowest BCUT2D eigenvalue weighted by atomic mass is 9.95. The van der Waals surface area contributed by atoms with Crippen LogP contribution in [-0.4, -0.2) is 4.98 Å². The van der Waals surface area contributed by atoms with E-state index in [1.807, 2.05) is 30.3 Å². The number of H-pyrrole nitrogens is 1. The molecule has 2 heteroatoms. The molecule has 0 amide bonds. The third-order valence-corrected chi connectivity index (χ3v) is 4.33. The topological polar surface area (TPSA) is 32.9 Å². The van der Waals surface area contributed by atoms with Crippen molar-refractivity contribution in [2.45, 2.75) is 39.5 Å². The number of hydrogen-bond donors (Lipinski definition) is 1. The van der Waals surface area contributed by atoms with Gasteiger partial charge in [-0.05, 0) is 47.1 Å². The van der Waals surface area contributed by atoms with Crippen LogP contribution in [0.2, 0.25) is 0 Å². The highest BCUT2D eigenvalue weighted by Gasteiger charge is 2.11. The van der Waals surface area contributed by atoms with E-state index in [2.05, 4.69) is 37.0 Å². The van der Waals surface area contributed by atoms with Crippen LogP contribution in [0.15, 0.2) is 53.3 Å². The third-order valence-electron chi connectivity index (χ3n) is 4.33. The Balaban J connectivity index is 2.26. The van der Waals surface area contributed by atoms with Crippen LogP contribution in [-0.2, 0) is 12.8 Å². The van der Waals surface area contributed by atoms with Gasteiger partial charge in [-0.2, -0.15) is 0 Å². The summed E-state index contributed by atoms with van der Waals surface area (Å²) < 4.78 is 0. The Labute approximate surface area is 137 Å². The zero-order valence-electron chi connectivity index (χ0n) is 13.9. The number of fused-ring (bicyclic) bond motifs is 1. The molecule has 0 unspecified atom stereocenters. The van der Waals surface area contributed by atoms with E-state index >= 15 is 0 Å². The molecule has 0 aliphatic heterocycles. The van der Waals surface area contributed by atoms with Crippen molar-refractivity contribution in [3.05, 3.63) is 70.1 Å². The van der Waals surface area contributed by atoms with Crippen LogP contribution in [0.5, 0.6) is 0 Å². The van der Waals surface area contributed by atoms with Gasteiger partial charge in [0.2, 0.25) is 0 Å². The summed E-state index contributed by atoms with van der Waals surface area (Å²) >= 11 is 0. The van der Waals surface area contributed by atoms with Crippen LogP contribution in [0.3, 0.4) is 0 Å². The highest BCUT2D eigenvalue weighted by Crippen LogP contribution is 2.27. The molecule has 118 valence electrons. The number of aromatic amines is 1. The lowest BCUT2D eigenvalue weighted by Gasteiger charge is -2.13. The molecule has 0 saturated carbocycles. The molecule has 1 heterocycles. The molecule has 3 rings (SSSR count). The molecule has 2 aromatic carbocycles. The Morgan fingerprint density at radius 2 is 1.57 bits per heavy atom. The number of nitrogens with one attached hydrogen (secondary N) is 1. The normalized spacial score (nSPS) is 11.0. The quantitative estimate of drug-likeness (QED) is 0.699. The molecule has 0 radical (unpaired) electrons. The van der Waals surface area contributed by atoms with Crippen LogP contribution in [0.1, 0.15) is 37.9 Å². The largest absolute Gasteiger partial charge is 0.325 e. The van der Waals surface area contributed by atoms with Gasteiger partial charge in [-0.1, -0.05) is 63.1 Å². The van der Waals surface area contributed by atoms with Gasteiger partial charge in [-0.25, -0.2) is 0 Å². The standard InChI is InChI=1S/C21H23NO/c1-3-8-17-19-14-16(15-10-6-5-7-11-15)12-13-18(19)21(23)22-20(17)9-4-2/h5-7,10-14H,3-4,8-9H2,1-2H3,(H,22,23). The summed E-state index contributed by atoms with van der Waals surface area (Å²) in [5.74, 6) is 0. The molecule has 1 N–H and O–H groups in total. The SMILES string of the molecule is CCCc1[nH]c(=O)c2ccc(-c3ccccc3)cc2c1CCC. The maximum Gasteiger partial charge on any atom is 0.256 e. The fraction of sp³-hybridized carbons (Fsp3) is 0.286. The molecule has 0 saturated heterocycles. The van der Waals surface area contributed by atoms with Crippen molar-refractivity contribution in [3.8, 4) is 11.1 Å². The van der Waals surface area contributed by atoms with Crippen molar-refractivity contribution in [1.82, 2.24) is 4.98 Å². The van der Waals surface area contributed by atoms with E-state index in [4.69, 9.17) is 0 Å². The molecule has 0 spiro atoms. The number of pyridine rings is 1. The number of hydrogen-bond acceptors (Lipinski definition) is 1. The van der Waals surface area contributed by atoms with Gasteiger partial charge in [0, 0.05) is 11.1 Å². The minimum atomic E-state index is 0.0305. The average molecular weight is 305 g/mol. The van der Waals surface area contributed by atoms with Crippen molar-refractivity contribution in [3.63, 3.8) is 0 Å². The summed E-state index contributed by atoms with van der Waals surface area (Å²) in [4.78, 5) is 15.5. The first-order valence-corrected chi connectivity index (χ1v) is 8.47. The lowest BCUT2D eigenvalue weighted by Crippen LogP contribution is -2.13. The predicted molar refractivity (Wildman–Crippen MR) is 98.0 cm³/mol. The summed E-state index contributed by atoms with van der Waals surface area (Å²) in [5, 5.41) is 1.91. The smallest absolute Gasteiger partial charge is 0.256 e. The van der Waals surface area contributed by atoms with Gasteiger partial charge in [0.25, 0.3) is 5.56 Å². The molecule has 1 aromatic heterocycles. The molecular weight excluding hydrogens is 282 g/mol. The zero-order chi connectivity index (χ0) is 16.2. The Morgan fingerprint density at radius 3 is 2.26 bits per heavy atom. The van der Waals surface area contributed by atoms with Crippen LogP contribution < -0.4 is 5.56 Å². The van der Waals surface area contributed by atoms with E-state index < -0.39 is 0 Å². The van der Waals surface area contributed by atoms with Crippen molar-refractivity contribution in [2.24, 2.45) is 0 Å². The summed E-state index contributed by atoms with van der Waals surface area (Å²) in [7, 11) is 0. The maximum absolute atomic E-state index is 12.4. The van der Waals surface area contributed by atoms with Gasteiger partial charge in [-0.3, -0.25) is 4.79 Å². The maximum atomic E-state index is 12.4. The Bertz CT molecular complexity index is 862. The second-order valence-electron chi connectivity index (χ2n) is 6.04. The lowest BCUT2D eigenvalue weighted by molar-refractivity contribution is 0.831. The second kappa shape index (κ2) is 6.82. The molecular formula is C21H23NO. The summed E-state index contributed by atoms with van der Waals surface area (Å²) in [6.45, 7) is 4.34. The highest BCUT2D eigenvalue weighted by atomic mass is 16.1. The second-order valence-corrected chi connectivity index (χ2v) is 6.04. The van der Waals surface area contributed by atoms with Crippen molar-refractivity contribution in [1.29, 1.82) is 0 Å². The number of benzene rings is 2. The molecule has 23 heavy (non-hydrogen) atoms. The molecule has 0 aliphatic rings. The fourth-order valence-corrected chi connectivity index (χ4v) is 3.24. The van der Waals surface area contributed by atoms with E-state index in [1.165, 1.54) is 16.7 Å². The minimum Gasteiger partial charge on any atom is -0.325 e. The molecule has 3 aromatic rings. The Hall–Kier alpha value is -2.35. The molecule has 0 atom stereocenters. The zero-order valence-corrected chi connectivity index (χ0v) is 13.9. The van der Waals surface area contributed by atoms with Gasteiger partial charge in [0.15, 0.2) is 0 Å². The van der Waals surface area contributed by atoms with Crippen LogP contribution in [0, 0.1) is 0 Å². The first-order chi connectivity index (χ1) is 11.2. The Kier molecular flexibility index (Phi) is 4.61. The van der Waals surface area contributed by atoms with Gasteiger partial charge in [0.1, 0.15) is 0 Å². The first kappa shape index (κ1) is 15.5. The average Bonchev–Trinajstić information content (AvgIpc) is 2.59. The van der Waals surface area contributed by atoms with Crippen LogP contribution >= 0.6 is 0 Å². The number of aromatic nitrogens is 1. The summed E-state index contributed by atoms with van der Waals surface area (Å²) in [5.41, 5.74) is 4.80. The third kappa shape index (κ3) is 3.07. The van der Waals surface area contributed by atoms with E-state index in [-0.39, 0.29) is 5.56 Å². The fourth-order valence-electron chi connectivity index (χ4n) is 3.24. The van der Waals surface area contributed by atoms with Gasteiger partial charge >= 0.3 is 0 Å². The van der Waals surface area contributed by atoms with Gasteiger partial charge in [-0.15, -0.1) is 0 Å². The molecule has 0 fully saturated rings. The molecule has 0 aliphatic carbocycles. The van der Waals surface area contributed by atoms with Crippen molar-refractivity contribution >= 4 is 10.8 Å². The van der Waals surface area contributed by atoms with E-state index in [0.717, 1.165) is 42.1 Å². The number of aryl methyl sites for hydroxylation is 2. The molecule has 0 bridgehead atoms. The van der Waals surface area contributed by atoms with E-state index in [0.29, 0.717) is 0 Å².